The van der Waals surface area contributed by atoms with Gasteiger partial charge in [0.05, 0.1) is 6.42 Å². The summed E-state index contributed by atoms with van der Waals surface area (Å²) >= 11 is 0. The first kappa shape index (κ1) is 23.4. The normalized spacial score (nSPS) is 20.6. The number of phenols is 2. The zero-order chi connectivity index (χ0) is 25.2. The summed E-state index contributed by atoms with van der Waals surface area (Å²) in [5.41, 5.74) is 1.20. The number of hydrogen-bond acceptors (Lipinski definition) is 8. The van der Waals surface area contributed by atoms with Gasteiger partial charge in [-0.05, 0) is 11.1 Å². The van der Waals surface area contributed by atoms with Gasteiger partial charge in [-0.2, -0.15) is 0 Å². The number of benzene rings is 3. The van der Waals surface area contributed by atoms with Crippen LogP contribution in [0, 0.1) is 0 Å². The van der Waals surface area contributed by atoms with Crippen molar-refractivity contribution >= 4 is 11.8 Å². The van der Waals surface area contributed by atoms with Crippen molar-refractivity contribution in [3.63, 3.8) is 0 Å². The van der Waals surface area contributed by atoms with Gasteiger partial charge in [0.25, 0.3) is 0 Å². The van der Waals surface area contributed by atoms with Crippen molar-refractivity contribution in [3.05, 3.63) is 95.6 Å². The standard InChI is InChI=1S/C28H24O8/c29-18-14-21(16-8-3-1-4-9-16)34-22-15-19(30)28(26(33)24(18)22)36-27(17-10-5-2-6-11-17)25(32)20-12-7-13-23(31)35-20/h1-11,13,15,20-21,25,27,30,32-33H,12,14H2/t20-,21+,25-,27-/m1/s1. The van der Waals surface area contributed by atoms with E-state index in [-0.39, 0.29) is 35.7 Å². The summed E-state index contributed by atoms with van der Waals surface area (Å²) in [5, 5.41) is 32.9. The Labute approximate surface area is 207 Å². The number of carbonyl (C=O) groups is 2. The number of esters is 1. The maximum Gasteiger partial charge on any atom is 0.330 e. The van der Waals surface area contributed by atoms with E-state index in [9.17, 15) is 24.9 Å². The zero-order valence-electron chi connectivity index (χ0n) is 19.1. The van der Waals surface area contributed by atoms with Crippen molar-refractivity contribution in [1.29, 1.82) is 0 Å². The topological polar surface area (TPSA) is 123 Å². The monoisotopic (exact) mass is 488 g/mol. The lowest BCUT2D eigenvalue weighted by molar-refractivity contribution is -0.154. The van der Waals surface area contributed by atoms with Gasteiger partial charge in [-0.3, -0.25) is 4.79 Å². The second-order valence-corrected chi connectivity index (χ2v) is 8.64. The molecule has 3 N–H and O–H groups in total. The largest absolute Gasteiger partial charge is 0.504 e. The van der Waals surface area contributed by atoms with Gasteiger partial charge in [-0.25, -0.2) is 4.79 Å². The Bertz CT molecular complexity index is 1300. The molecule has 0 bridgehead atoms. The smallest absolute Gasteiger partial charge is 0.330 e. The molecular formula is C28H24O8. The van der Waals surface area contributed by atoms with E-state index >= 15 is 0 Å². The quantitative estimate of drug-likeness (QED) is 0.442. The Balaban J connectivity index is 1.49. The van der Waals surface area contributed by atoms with Crippen molar-refractivity contribution in [3.8, 4) is 23.0 Å². The molecule has 2 aliphatic rings. The lowest BCUT2D eigenvalue weighted by atomic mass is 9.94. The molecule has 8 heteroatoms. The lowest BCUT2D eigenvalue weighted by Crippen LogP contribution is -2.39. The third kappa shape index (κ3) is 4.50. The number of fused-ring (bicyclic) bond motifs is 1. The summed E-state index contributed by atoms with van der Waals surface area (Å²) in [6.07, 6.45) is -0.839. The Kier molecular flexibility index (Phi) is 6.35. The van der Waals surface area contributed by atoms with Gasteiger partial charge < -0.3 is 29.5 Å². The van der Waals surface area contributed by atoms with Gasteiger partial charge in [-0.1, -0.05) is 66.7 Å². The van der Waals surface area contributed by atoms with Crippen LogP contribution >= 0.6 is 0 Å². The maximum absolute atomic E-state index is 13.0. The number of hydrogen-bond donors (Lipinski definition) is 3. The average molecular weight is 488 g/mol. The number of phenolic OH excluding ortho intramolecular Hbond substituents is 2. The van der Waals surface area contributed by atoms with Crippen molar-refractivity contribution in [2.45, 2.75) is 37.3 Å². The number of carbonyl (C=O) groups excluding carboxylic acids is 2. The highest BCUT2D eigenvalue weighted by atomic mass is 16.6. The highest BCUT2D eigenvalue weighted by Crippen LogP contribution is 2.50. The fourth-order valence-electron chi connectivity index (χ4n) is 4.45. The summed E-state index contributed by atoms with van der Waals surface area (Å²) < 4.78 is 17.2. The number of Topliss-reactive ketones (excluding diaryl/α,β-unsaturated/α-hetero) is 1. The van der Waals surface area contributed by atoms with Crippen molar-refractivity contribution < 1.29 is 39.1 Å². The molecule has 5 rings (SSSR count). The average Bonchev–Trinajstić information content (AvgIpc) is 2.89. The van der Waals surface area contributed by atoms with Crippen molar-refractivity contribution in [2.75, 3.05) is 0 Å². The minimum absolute atomic E-state index is 0.0100. The van der Waals surface area contributed by atoms with E-state index < -0.39 is 41.9 Å². The molecule has 0 spiro atoms. The first-order chi connectivity index (χ1) is 17.4. The molecule has 2 heterocycles. The van der Waals surface area contributed by atoms with E-state index in [1.807, 2.05) is 30.3 Å². The van der Waals surface area contributed by atoms with Crippen LogP contribution in [0.25, 0.3) is 0 Å². The molecule has 36 heavy (non-hydrogen) atoms. The Hall–Kier alpha value is -4.30. The van der Waals surface area contributed by atoms with E-state index in [0.717, 1.165) is 5.56 Å². The fraction of sp³-hybridized carbons (Fsp3) is 0.214. The number of ketones is 1. The second-order valence-electron chi connectivity index (χ2n) is 8.64. The van der Waals surface area contributed by atoms with E-state index in [1.54, 1.807) is 36.4 Å². The van der Waals surface area contributed by atoms with Crippen LogP contribution in [-0.2, 0) is 9.53 Å². The predicted octanol–water partition coefficient (Wildman–Crippen LogP) is 4.16. The summed E-state index contributed by atoms with van der Waals surface area (Å²) in [7, 11) is 0. The first-order valence-electron chi connectivity index (χ1n) is 11.5. The van der Waals surface area contributed by atoms with Gasteiger partial charge in [-0.15, -0.1) is 0 Å². The molecule has 0 saturated heterocycles. The van der Waals surface area contributed by atoms with Crippen molar-refractivity contribution in [1.82, 2.24) is 0 Å². The first-order valence-corrected chi connectivity index (χ1v) is 11.5. The van der Waals surface area contributed by atoms with Crippen LogP contribution in [0.5, 0.6) is 23.0 Å². The van der Waals surface area contributed by atoms with Crippen LogP contribution in [0.3, 0.4) is 0 Å². The third-order valence-electron chi connectivity index (χ3n) is 6.24. The van der Waals surface area contributed by atoms with Crippen LogP contribution in [0.4, 0.5) is 0 Å². The number of ether oxygens (including phenoxy) is 3. The number of aliphatic hydroxyl groups excluding tert-OH is 1. The minimum atomic E-state index is -1.34. The number of rotatable bonds is 6. The lowest BCUT2D eigenvalue weighted by Gasteiger charge is -2.32. The SMILES string of the molecule is O=C1C=CC[C@H]([C@@H](O)[C@H](Oc2c(O)cc3c(c2O)C(=O)C[C@@H](c2ccccc2)O3)c2ccccc2)O1. The van der Waals surface area contributed by atoms with Crippen LogP contribution in [0.2, 0.25) is 0 Å². The molecule has 0 unspecified atom stereocenters. The molecule has 8 nitrogen and oxygen atoms in total. The summed E-state index contributed by atoms with van der Waals surface area (Å²) in [5.74, 6) is -2.38. The van der Waals surface area contributed by atoms with E-state index in [4.69, 9.17) is 14.2 Å². The molecular weight excluding hydrogens is 464 g/mol. The highest BCUT2D eigenvalue weighted by Gasteiger charge is 2.37. The molecule has 3 aromatic carbocycles. The predicted molar refractivity (Wildman–Crippen MR) is 128 cm³/mol. The molecule has 0 amide bonds. The van der Waals surface area contributed by atoms with Gasteiger partial charge in [0.1, 0.15) is 29.6 Å². The third-order valence-corrected chi connectivity index (χ3v) is 6.24. The zero-order valence-corrected chi connectivity index (χ0v) is 19.1. The van der Waals surface area contributed by atoms with E-state index in [2.05, 4.69) is 0 Å². The molecule has 2 aliphatic heterocycles. The van der Waals surface area contributed by atoms with E-state index in [1.165, 1.54) is 12.1 Å². The van der Waals surface area contributed by atoms with Gasteiger partial charge in [0.15, 0.2) is 23.4 Å². The van der Waals surface area contributed by atoms with Crippen LogP contribution < -0.4 is 9.47 Å². The second kappa shape index (κ2) is 9.75. The molecule has 184 valence electrons. The molecule has 3 aromatic rings. The van der Waals surface area contributed by atoms with Crippen LogP contribution in [0.1, 0.15) is 46.5 Å². The molecule has 0 aliphatic carbocycles. The molecule has 0 fully saturated rings. The molecule has 0 radical (unpaired) electrons. The number of aliphatic hydroxyl groups is 1. The van der Waals surface area contributed by atoms with Gasteiger partial charge in [0, 0.05) is 18.6 Å². The summed E-state index contributed by atoms with van der Waals surface area (Å²) in [6, 6.07) is 19.0. The maximum atomic E-state index is 13.0. The molecule has 0 aromatic heterocycles. The van der Waals surface area contributed by atoms with Gasteiger partial charge >= 0.3 is 5.97 Å². The number of aromatic hydroxyl groups is 2. The van der Waals surface area contributed by atoms with Crippen molar-refractivity contribution in [2.24, 2.45) is 0 Å². The molecule has 4 atom stereocenters. The number of cyclic esters (lactones) is 1. The fourth-order valence-corrected chi connectivity index (χ4v) is 4.45. The Morgan fingerprint density at radius 2 is 1.64 bits per heavy atom. The van der Waals surface area contributed by atoms with Crippen LogP contribution in [0.15, 0.2) is 78.9 Å². The summed E-state index contributed by atoms with van der Waals surface area (Å²) in [6.45, 7) is 0. The van der Waals surface area contributed by atoms with E-state index in [0.29, 0.717) is 5.56 Å². The minimum Gasteiger partial charge on any atom is -0.504 e. The molecule has 0 saturated carbocycles. The van der Waals surface area contributed by atoms with Gasteiger partial charge in [0.2, 0.25) is 5.75 Å². The highest BCUT2D eigenvalue weighted by molar-refractivity contribution is 6.03. The Morgan fingerprint density at radius 1 is 0.944 bits per heavy atom. The Morgan fingerprint density at radius 3 is 2.33 bits per heavy atom. The van der Waals surface area contributed by atoms with Crippen LogP contribution in [-0.4, -0.2) is 39.3 Å². The summed E-state index contributed by atoms with van der Waals surface area (Å²) in [4.78, 5) is 24.8.